The number of likely N-dealkylation sites (tertiary alicyclic amines) is 1. The Labute approximate surface area is 126 Å². The Morgan fingerprint density at radius 2 is 2.14 bits per heavy atom. The summed E-state index contributed by atoms with van der Waals surface area (Å²) in [5.74, 6) is 1.40. The Hall–Kier alpha value is -1.39. The topological polar surface area (TPSA) is 55.3 Å². The second-order valence-electron chi connectivity index (χ2n) is 5.97. The lowest BCUT2D eigenvalue weighted by atomic mass is 9.97. The molecule has 2 N–H and O–H groups in total. The number of nitrogens with zero attached hydrogens (tertiary/aromatic N) is 2. The highest BCUT2D eigenvalue weighted by molar-refractivity contribution is 5.73. The summed E-state index contributed by atoms with van der Waals surface area (Å²) in [6, 6.07) is 6.34. The molecule has 1 fully saturated rings. The Kier molecular flexibility index (Phi) is 4.56. The molecule has 0 saturated carbocycles. The normalized spacial score (nSPS) is 17.6. The van der Waals surface area contributed by atoms with E-state index in [1.54, 1.807) is 0 Å². The van der Waals surface area contributed by atoms with Crippen LogP contribution in [-0.4, -0.2) is 36.1 Å². The molecule has 21 heavy (non-hydrogen) atoms. The average Bonchev–Trinajstić information content (AvgIpc) is 2.96. The predicted octanol–water partition coefficient (Wildman–Crippen LogP) is 2.92. The van der Waals surface area contributed by atoms with Crippen LogP contribution < -0.4 is 5.73 Å². The number of benzene rings is 1. The van der Waals surface area contributed by atoms with Crippen LogP contribution in [0.1, 0.15) is 43.6 Å². The van der Waals surface area contributed by atoms with Crippen LogP contribution in [0.15, 0.2) is 22.6 Å². The van der Waals surface area contributed by atoms with Crippen LogP contribution in [0.3, 0.4) is 0 Å². The van der Waals surface area contributed by atoms with E-state index in [4.69, 9.17) is 15.1 Å². The molecule has 0 aliphatic carbocycles. The molecule has 3 rings (SSSR count). The summed E-state index contributed by atoms with van der Waals surface area (Å²) in [5.41, 5.74) is 8.83. The minimum absolute atomic E-state index is 0.469. The summed E-state index contributed by atoms with van der Waals surface area (Å²) < 4.78 is 5.97. The third kappa shape index (κ3) is 3.27. The van der Waals surface area contributed by atoms with Crippen molar-refractivity contribution < 1.29 is 4.42 Å². The van der Waals surface area contributed by atoms with Gasteiger partial charge in [-0.25, -0.2) is 4.98 Å². The van der Waals surface area contributed by atoms with Gasteiger partial charge in [-0.15, -0.1) is 0 Å². The van der Waals surface area contributed by atoms with Gasteiger partial charge in [-0.2, -0.15) is 0 Å². The monoisotopic (exact) mass is 287 g/mol. The first-order valence-corrected chi connectivity index (χ1v) is 8.12. The first-order chi connectivity index (χ1) is 10.3. The number of fused-ring (bicyclic) bond motifs is 1. The third-order valence-electron chi connectivity index (χ3n) is 4.49. The van der Waals surface area contributed by atoms with E-state index in [0.717, 1.165) is 68.9 Å². The quantitative estimate of drug-likeness (QED) is 0.918. The highest BCUT2D eigenvalue weighted by Gasteiger charge is 2.24. The van der Waals surface area contributed by atoms with Crippen LogP contribution >= 0.6 is 0 Å². The molecule has 1 aliphatic rings. The van der Waals surface area contributed by atoms with Crippen molar-refractivity contribution >= 4 is 11.1 Å². The molecule has 114 valence electrons. The summed E-state index contributed by atoms with van der Waals surface area (Å²) >= 11 is 0. The lowest BCUT2D eigenvalue weighted by Gasteiger charge is -2.30. The second-order valence-corrected chi connectivity index (χ2v) is 5.97. The van der Waals surface area contributed by atoms with E-state index in [9.17, 15) is 0 Å². The lowest BCUT2D eigenvalue weighted by molar-refractivity contribution is 0.200. The maximum atomic E-state index is 5.97. The van der Waals surface area contributed by atoms with Gasteiger partial charge < -0.3 is 15.1 Å². The first-order valence-electron chi connectivity index (χ1n) is 8.12. The number of aryl methyl sites for hydroxylation is 1. The maximum Gasteiger partial charge on any atom is 0.198 e. The van der Waals surface area contributed by atoms with Gasteiger partial charge in [0.2, 0.25) is 0 Å². The predicted molar refractivity (Wildman–Crippen MR) is 85.5 cm³/mol. The highest BCUT2D eigenvalue weighted by Crippen LogP contribution is 2.30. The standard InChI is InChI=1S/C17H25N3O/c1-2-13-4-5-16-15(12-13)19-17(21-16)14-6-10-20(11-7-14)9-3-8-18/h4-5,12,14H,2-3,6-11,18H2,1H3. The van der Waals surface area contributed by atoms with Crippen molar-refractivity contribution in [3.63, 3.8) is 0 Å². The lowest BCUT2D eigenvalue weighted by Crippen LogP contribution is -2.34. The van der Waals surface area contributed by atoms with Crippen molar-refractivity contribution in [2.45, 2.75) is 38.5 Å². The fraction of sp³-hybridized carbons (Fsp3) is 0.588. The zero-order chi connectivity index (χ0) is 14.7. The van der Waals surface area contributed by atoms with E-state index < -0.39 is 0 Å². The van der Waals surface area contributed by atoms with Crippen molar-refractivity contribution in [3.05, 3.63) is 29.7 Å². The fourth-order valence-corrected chi connectivity index (χ4v) is 3.10. The molecule has 4 heteroatoms. The maximum absolute atomic E-state index is 5.97. The van der Waals surface area contributed by atoms with Gasteiger partial charge in [0.05, 0.1) is 0 Å². The van der Waals surface area contributed by atoms with E-state index in [0.29, 0.717) is 5.92 Å². The fourth-order valence-electron chi connectivity index (χ4n) is 3.10. The van der Waals surface area contributed by atoms with Gasteiger partial charge in [0.25, 0.3) is 0 Å². The summed E-state index contributed by atoms with van der Waals surface area (Å²) in [6.45, 7) is 6.33. The number of hydrogen-bond donors (Lipinski definition) is 1. The minimum Gasteiger partial charge on any atom is -0.440 e. The Morgan fingerprint density at radius 3 is 2.86 bits per heavy atom. The average molecular weight is 287 g/mol. The largest absolute Gasteiger partial charge is 0.440 e. The van der Waals surface area contributed by atoms with Crippen LogP contribution in [0.4, 0.5) is 0 Å². The van der Waals surface area contributed by atoms with E-state index in [1.165, 1.54) is 5.56 Å². The molecule has 0 bridgehead atoms. The minimum atomic E-state index is 0.469. The smallest absolute Gasteiger partial charge is 0.198 e. The molecule has 0 amide bonds. The SMILES string of the molecule is CCc1ccc2oc(C3CCN(CCCN)CC3)nc2c1. The molecule has 2 heterocycles. The van der Waals surface area contributed by atoms with Gasteiger partial charge in [0.1, 0.15) is 5.52 Å². The van der Waals surface area contributed by atoms with E-state index in [-0.39, 0.29) is 0 Å². The summed E-state index contributed by atoms with van der Waals surface area (Å²) in [7, 11) is 0. The number of oxazole rings is 1. The zero-order valence-corrected chi connectivity index (χ0v) is 12.8. The molecule has 1 aliphatic heterocycles. The summed E-state index contributed by atoms with van der Waals surface area (Å²) in [5, 5.41) is 0. The van der Waals surface area contributed by atoms with Crippen molar-refractivity contribution in [1.82, 2.24) is 9.88 Å². The van der Waals surface area contributed by atoms with Crippen LogP contribution in [0.25, 0.3) is 11.1 Å². The molecule has 0 atom stereocenters. The van der Waals surface area contributed by atoms with Crippen LogP contribution in [0.5, 0.6) is 0 Å². The van der Waals surface area contributed by atoms with Gasteiger partial charge in [-0.05, 0) is 69.6 Å². The van der Waals surface area contributed by atoms with Crippen LogP contribution in [0, 0.1) is 0 Å². The molecule has 0 spiro atoms. The van der Waals surface area contributed by atoms with Gasteiger partial charge in [-0.3, -0.25) is 0 Å². The molecule has 1 saturated heterocycles. The molecular weight excluding hydrogens is 262 g/mol. The molecule has 0 radical (unpaired) electrons. The molecule has 4 nitrogen and oxygen atoms in total. The first kappa shape index (κ1) is 14.5. The third-order valence-corrected chi connectivity index (χ3v) is 4.49. The van der Waals surface area contributed by atoms with E-state index in [2.05, 4.69) is 30.0 Å². The number of hydrogen-bond acceptors (Lipinski definition) is 4. The van der Waals surface area contributed by atoms with Crippen molar-refractivity contribution in [1.29, 1.82) is 0 Å². The van der Waals surface area contributed by atoms with Gasteiger partial charge in [0, 0.05) is 5.92 Å². The van der Waals surface area contributed by atoms with E-state index in [1.807, 2.05) is 0 Å². The summed E-state index contributed by atoms with van der Waals surface area (Å²) in [4.78, 5) is 7.23. The Bertz CT molecular complexity index is 585. The van der Waals surface area contributed by atoms with Crippen LogP contribution in [0.2, 0.25) is 0 Å². The molecule has 2 aromatic rings. The summed E-state index contributed by atoms with van der Waals surface area (Å²) in [6.07, 6.45) is 4.40. The van der Waals surface area contributed by atoms with E-state index >= 15 is 0 Å². The zero-order valence-electron chi connectivity index (χ0n) is 12.8. The Balaban J connectivity index is 1.67. The number of piperidine rings is 1. The highest BCUT2D eigenvalue weighted by atomic mass is 16.3. The number of aromatic nitrogens is 1. The van der Waals surface area contributed by atoms with Gasteiger partial charge in [-0.1, -0.05) is 13.0 Å². The number of nitrogens with two attached hydrogens (primary N) is 1. The van der Waals surface area contributed by atoms with Gasteiger partial charge in [0.15, 0.2) is 11.5 Å². The molecule has 1 aromatic heterocycles. The van der Waals surface area contributed by atoms with Crippen LogP contribution in [-0.2, 0) is 6.42 Å². The molecule has 0 unspecified atom stereocenters. The van der Waals surface area contributed by atoms with Gasteiger partial charge >= 0.3 is 0 Å². The second kappa shape index (κ2) is 6.58. The van der Waals surface area contributed by atoms with Crippen molar-refractivity contribution in [3.8, 4) is 0 Å². The van der Waals surface area contributed by atoms with Crippen molar-refractivity contribution in [2.75, 3.05) is 26.2 Å². The number of rotatable bonds is 5. The molecular formula is C17H25N3O. The van der Waals surface area contributed by atoms with Crippen molar-refractivity contribution in [2.24, 2.45) is 5.73 Å². The molecule has 1 aromatic carbocycles. The Morgan fingerprint density at radius 1 is 1.33 bits per heavy atom.